The Kier molecular flexibility index (Phi) is 8.53. The van der Waals surface area contributed by atoms with Gasteiger partial charge in [0.2, 0.25) is 5.91 Å². The minimum Gasteiger partial charge on any atom is -0.375 e. The van der Waals surface area contributed by atoms with Crippen LogP contribution < -0.4 is 5.73 Å². The molecule has 2 aromatic carbocycles. The molecule has 0 bridgehead atoms. The lowest BCUT2D eigenvalue weighted by atomic mass is 10.1. The molecule has 0 radical (unpaired) electrons. The number of hydrogen-bond donors (Lipinski definition) is 1. The standard InChI is InChI=1S/C31H28N6O2S/c32-31-35-28(22-40-31)24-12-14-25(15-13-24)30(39)37(18-23-8-2-1-3-9-23)21-29(38)36(19-26-10-4-6-16-33-26)20-27-11-5-7-17-34-27/h1-17,22H,18-21H2,(H2,32,35). The van der Waals surface area contributed by atoms with Crippen molar-refractivity contribution in [2.75, 3.05) is 12.3 Å². The molecule has 0 saturated carbocycles. The zero-order valence-electron chi connectivity index (χ0n) is 21.8. The van der Waals surface area contributed by atoms with Gasteiger partial charge in [-0.3, -0.25) is 19.6 Å². The van der Waals surface area contributed by atoms with Crippen molar-refractivity contribution < 1.29 is 9.59 Å². The minimum absolute atomic E-state index is 0.0994. The van der Waals surface area contributed by atoms with Gasteiger partial charge < -0.3 is 15.5 Å². The number of nitrogens with zero attached hydrogens (tertiary/aromatic N) is 5. The van der Waals surface area contributed by atoms with Crippen molar-refractivity contribution in [3.05, 3.63) is 131 Å². The van der Waals surface area contributed by atoms with Crippen LogP contribution in [-0.4, -0.2) is 43.1 Å². The fourth-order valence-electron chi connectivity index (χ4n) is 4.26. The van der Waals surface area contributed by atoms with Crippen LogP contribution in [0.25, 0.3) is 11.3 Å². The van der Waals surface area contributed by atoms with Gasteiger partial charge in [-0.05, 0) is 42.0 Å². The largest absolute Gasteiger partial charge is 0.375 e. The van der Waals surface area contributed by atoms with Gasteiger partial charge in [-0.2, -0.15) is 0 Å². The van der Waals surface area contributed by atoms with Crippen LogP contribution in [0.1, 0.15) is 27.3 Å². The summed E-state index contributed by atoms with van der Waals surface area (Å²) < 4.78 is 0. The third kappa shape index (κ3) is 6.95. The summed E-state index contributed by atoms with van der Waals surface area (Å²) in [5.74, 6) is -0.438. The maximum absolute atomic E-state index is 13.8. The molecule has 0 aliphatic heterocycles. The monoisotopic (exact) mass is 548 g/mol. The van der Waals surface area contributed by atoms with E-state index in [1.54, 1.807) is 34.3 Å². The van der Waals surface area contributed by atoms with Gasteiger partial charge in [-0.25, -0.2) is 4.98 Å². The molecule has 8 nitrogen and oxygen atoms in total. The van der Waals surface area contributed by atoms with E-state index in [0.717, 1.165) is 28.2 Å². The van der Waals surface area contributed by atoms with E-state index in [4.69, 9.17) is 5.73 Å². The van der Waals surface area contributed by atoms with Gasteiger partial charge in [0, 0.05) is 35.4 Å². The first-order valence-electron chi connectivity index (χ1n) is 12.8. The molecule has 0 saturated heterocycles. The van der Waals surface area contributed by atoms with Crippen molar-refractivity contribution in [3.63, 3.8) is 0 Å². The third-order valence-corrected chi connectivity index (χ3v) is 6.96. The van der Waals surface area contributed by atoms with Gasteiger partial charge in [-0.15, -0.1) is 11.3 Å². The number of rotatable bonds is 10. The Hall–Kier alpha value is -4.89. The van der Waals surface area contributed by atoms with Crippen LogP contribution in [0.5, 0.6) is 0 Å². The van der Waals surface area contributed by atoms with E-state index in [0.29, 0.717) is 23.8 Å². The lowest BCUT2D eigenvalue weighted by Crippen LogP contribution is -2.42. The van der Waals surface area contributed by atoms with Crippen LogP contribution in [0.3, 0.4) is 0 Å². The Morgan fingerprint density at radius 1 is 0.725 bits per heavy atom. The lowest BCUT2D eigenvalue weighted by molar-refractivity contribution is -0.133. The summed E-state index contributed by atoms with van der Waals surface area (Å²) in [4.78, 5) is 43.9. The summed E-state index contributed by atoms with van der Waals surface area (Å²) in [6.07, 6.45) is 3.40. The molecule has 3 heterocycles. The van der Waals surface area contributed by atoms with E-state index in [9.17, 15) is 9.59 Å². The van der Waals surface area contributed by atoms with E-state index in [1.807, 2.05) is 84.2 Å². The predicted octanol–water partition coefficient (Wildman–Crippen LogP) is 5.05. The molecule has 0 unspecified atom stereocenters. The van der Waals surface area contributed by atoms with Crippen molar-refractivity contribution in [2.45, 2.75) is 19.6 Å². The van der Waals surface area contributed by atoms with Crippen LogP contribution in [0.15, 0.2) is 109 Å². The number of pyridine rings is 2. The minimum atomic E-state index is -0.239. The van der Waals surface area contributed by atoms with E-state index < -0.39 is 0 Å². The maximum atomic E-state index is 13.8. The quantitative estimate of drug-likeness (QED) is 0.262. The number of nitrogen functional groups attached to an aromatic ring is 1. The highest BCUT2D eigenvalue weighted by Gasteiger charge is 2.24. The van der Waals surface area contributed by atoms with Gasteiger partial charge in [0.25, 0.3) is 5.91 Å². The van der Waals surface area contributed by atoms with Crippen molar-refractivity contribution >= 4 is 28.3 Å². The van der Waals surface area contributed by atoms with Crippen LogP contribution in [0.4, 0.5) is 5.13 Å². The number of aromatic nitrogens is 3. The number of carbonyl (C=O) groups is 2. The average molecular weight is 549 g/mol. The number of carbonyl (C=O) groups excluding carboxylic acids is 2. The van der Waals surface area contributed by atoms with Gasteiger partial charge in [0.15, 0.2) is 5.13 Å². The molecule has 5 aromatic rings. The highest BCUT2D eigenvalue weighted by Crippen LogP contribution is 2.24. The number of amides is 2. The molecule has 40 heavy (non-hydrogen) atoms. The number of thiazole rings is 1. The maximum Gasteiger partial charge on any atom is 0.254 e. The molecule has 0 fully saturated rings. The summed E-state index contributed by atoms with van der Waals surface area (Å²) in [6.45, 7) is 0.790. The first-order valence-corrected chi connectivity index (χ1v) is 13.7. The SMILES string of the molecule is Nc1nc(-c2ccc(C(=O)N(CC(=O)N(Cc3ccccn3)Cc3ccccn3)Cc3ccccc3)cc2)cs1. The zero-order valence-corrected chi connectivity index (χ0v) is 22.6. The average Bonchev–Trinajstić information content (AvgIpc) is 3.44. The van der Waals surface area contributed by atoms with E-state index >= 15 is 0 Å². The van der Waals surface area contributed by atoms with Crippen LogP contribution in [0.2, 0.25) is 0 Å². The summed E-state index contributed by atoms with van der Waals surface area (Å²) in [7, 11) is 0. The van der Waals surface area contributed by atoms with Gasteiger partial charge in [0.05, 0.1) is 30.2 Å². The highest BCUT2D eigenvalue weighted by atomic mass is 32.1. The van der Waals surface area contributed by atoms with E-state index in [2.05, 4.69) is 15.0 Å². The molecule has 0 aliphatic carbocycles. The second-order valence-corrected chi connectivity index (χ2v) is 10.1. The first kappa shape index (κ1) is 26.7. The molecule has 0 aliphatic rings. The first-order chi connectivity index (χ1) is 19.5. The molecule has 2 amide bonds. The Morgan fingerprint density at radius 2 is 1.35 bits per heavy atom. The summed E-state index contributed by atoms with van der Waals surface area (Å²) in [6, 6.07) is 28.1. The normalized spacial score (nSPS) is 10.7. The Balaban J connectivity index is 1.39. The van der Waals surface area contributed by atoms with Gasteiger partial charge in [-0.1, -0.05) is 54.6 Å². The molecule has 2 N–H and O–H groups in total. The molecular weight excluding hydrogens is 520 g/mol. The topological polar surface area (TPSA) is 105 Å². The number of benzene rings is 2. The second kappa shape index (κ2) is 12.8. The van der Waals surface area contributed by atoms with Crippen molar-refractivity contribution in [1.29, 1.82) is 0 Å². The Bertz CT molecular complexity index is 1500. The molecule has 5 rings (SSSR count). The zero-order chi connectivity index (χ0) is 27.7. The van der Waals surface area contributed by atoms with Crippen LogP contribution >= 0.6 is 11.3 Å². The Morgan fingerprint density at radius 3 is 1.90 bits per heavy atom. The summed E-state index contributed by atoms with van der Waals surface area (Å²) in [5, 5.41) is 2.37. The van der Waals surface area contributed by atoms with Crippen molar-refractivity contribution in [1.82, 2.24) is 24.8 Å². The van der Waals surface area contributed by atoms with E-state index in [-0.39, 0.29) is 24.9 Å². The van der Waals surface area contributed by atoms with Crippen molar-refractivity contribution in [2.24, 2.45) is 0 Å². The predicted molar refractivity (Wildman–Crippen MR) is 156 cm³/mol. The second-order valence-electron chi connectivity index (χ2n) is 9.19. The fourth-order valence-corrected chi connectivity index (χ4v) is 4.83. The molecule has 0 atom stereocenters. The third-order valence-electron chi connectivity index (χ3n) is 6.29. The number of hydrogen-bond acceptors (Lipinski definition) is 7. The lowest BCUT2D eigenvalue weighted by Gasteiger charge is -2.28. The smallest absolute Gasteiger partial charge is 0.254 e. The van der Waals surface area contributed by atoms with Crippen molar-refractivity contribution in [3.8, 4) is 11.3 Å². The molecule has 200 valence electrons. The molecule has 9 heteroatoms. The van der Waals surface area contributed by atoms with E-state index in [1.165, 1.54) is 11.3 Å². The molecule has 0 spiro atoms. The summed E-state index contributed by atoms with van der Waals surface area (Å²) >= 11 is 1.37. The summed E-state index contributed by atoms with van der Waals surface area (Å²) in [5.41, 5.74) is 10.3. The van der Waals surface area contributed by atoms with Crippen LogP contribution in [-0.2, 0) is 24.4 Å². The van der Waals surface area contributed by atoms with Gasteiger partial charge >= 0.3 is 0 Å². The fraction of sp³-hybridized carbons (Fsp3) is 0.129. The number of anilines is 1. The number of nitrogens with two attached hydrogens (primary N) is 1. The molecule has 3 aromatic heterocycles. The highest BCUT2D eigenvalue weighted by molar-refractivity contribution is 7.13. The Labute approximate surface area is 236 Å². The molecular formula is C31H28N6O2S. The van der Waals surface area contributed by atoms with Gasteiger partial charge in [0.1, 0.15) is 6.54 Å². The van der Waals surface area contributed by atoms with Crippen LogP contribution in [0, 0.1) is 0 Å².